The first-order valence-corrected chi connectivity index (χ1v) is 5.95. The molecule has 2 amide bonds. The number of carboxylic acid groups (broad SMARTS) is 1. The quantitative estimate of drug-likeness (QED) is 0.766. The van der Waals surface area contributed by atoms with Crippen LogP contribution in [0.3, 0.4) is 0 Å². The molecule has 1 unspecified atom stereocenters. The Bertz CT molecular complexity index is 539. The van der Waals surface area contributed by atoms with E-state index in [1.54, 1.807) is 6.92 Å². The van der Waals surface area contributed by atoms with Gasteiger partial charge in [0.2, 0.25) is 5.91 Å². The number of imide groups is 1. The van der Waals surface area contributed by atoms with E-state index in [0.717, 1.165) is 16.4 Å². The number of amides is 2. The van der Waals surface area contributed by atoms with E-state index >= 15 is 0 Å². The molecule has 8 heteroatoms. The Kier molecular flexibility index (Phi) is 3.04. The third-order valence-electron chi connectivity index (χ3n) is 2.76. The number of carbonyl (C=O) groups excluding carboxylic acids is 2. The van der Waals surface area contributed by atoms with Crippen LogP contribution in [-0.2, 0) is 9.59 Å². The predicted octanol–water partition coefficient (Wildman–Crippen LogP) is 0.319. The van der Waals surface area contributed by atoms with Gasteiger partial charge in [-0.1, -0.05) is 0 Å². The number of anilines is 1. The zero-order valence-electron chi connectivity index (χ0n) is 9.76. The summed E-state index contributed by atoms with van der Waals surface area (Å²) >= 11 is 0.972. The molecule has 1 aromatic heterocycles. The molecule has 18 heavy (non-hydrogen) atoms. The lowest BCUT2D eigenvalue weighted by atomic mass is 10.2. The van der Waals surface area contributed by atoms with Gasteiger partial charge in [-0.25, -0.2) is 4.79 Å². The summed E-state index contributed by atoms with van der Waals surface area (Å²) < 4.78 is 3.93. The number of rotatable bonds is 3. The van der Waals surface area contributed by atoms with E-state index < -0.39 is 12.0 Å². The van der Waals surface area contributed by atoms with Crippen LogP contribution in [0, 0.1) is 6.92 Å². The van der Waals surface area contributed by atoms with Gasteiger partial charge in [0.15, 0.2) is 0 Å². The summed E-state index contributed by atoms with van der Waals surface area (Å²) in [5, 5.41) is 12.1. The number of aryl methyl sites for hydroxylation is 1. The molecule has 7 nitrogen and oxygen atoms in total. The maximum Gasteiger partial charge on any atom is 0.340 e. The van der Waals surface area contributed by atoms with E-state index in [1.165, 1.54) is 7.05 Å². The SMILES string of the molecule is Cc1nsc(NC2CC(=O)N(C)C2=O)c1C(=O)O. The second kappa shape index (κ2) is 4.37. The van der Waals surface area contributed by atoms with Crippen molar-refractivity contribution in [2.24, 2.45) is 0 Å². The van der Waals surface area contributed by atoms with Crippen molar-refractivity contribution in [3.05, 3.63) is 11.3 Å². The minimum absolute atomic E-state index is 0.0331. The van der Waals surface area contributed by atoms with Crippen molar-refractivity contribution in [2.45, 2.75) is 19.4 Å². The molecule has 0 aliphatic carbocycles. The molecule has 2 rings (SSSR count). The highest BCUT2D eigenvalue weighted by molar-refractivity contribution is 7.10. The standard InChI is InChI=1S/C10H11N3O4S/c1-4-7(10(16)17)8(18-12-4)11-5-3-6(14)13(2)9(5)15/h5,11H,3H2,1-2H3,(H,16,17). The Hall–Kier alpha value is -1.96. The Morgan fingerprint density at radius 1 is 1.56 bits per heavy atom. The summed E-state index contributed by atoms with van der Waals surface area (Å²) in [7, 11) is 1.41. The van der Waals surface area contributed by atoms with Crippen LogP contribution in [0.4, 0.5) is 5.00 Å². The predicted molar refractivity (Wildman–Crippen MR) is 63.6 cm³/mol. The number of hydrogen-bond acceptors (Lipinski definition) is 6. The van der Waals surface area contributed by atoms with Gasteiger partial charge in [0, 0.05) is 7.05 Å². The second-order valence-corrected chi connectivity index (χ2v) is 4.74. The number of nitrogens with one attached hydrogen (secondary N) is 1. The highest BCUT2D eigenvalue weighted by atomic mass is 32.1. The summed E-state index contributed by atoms with van der Waals surface area (Å²) in [5.41, 5.74) is 0.440. The number of carbonyl (C=O) groups is 3. The highest BCUT2D eigenvalue weighted by Gasteiger charge is 2.37. The minimum Gasteiger partial charge on any atom is -0.478 e. The van der Waals surface area contributed by atoms with Crippen LogP contribution < -0.4 is 5.32 Å². The van der Waals surface area contributed by atoms with E-state index in [4.69, 9.17) is 5.11 Å². The lowest BCUT2D eigenvalue weighted by molar-refractivity contribution is -0.136. The number of aromatic carboxylic acids is 1. The average molecular weight is 269 g/mol. The van der Waals surface area contributed by atoms with E-state index in [9.17, 15) is 14.4 Å². The molecule has 0 spiro atoms. The van der Waals surface area contributed by atoms with E-state index in [1.807, 2.05) is 0 Å². The first-order valence-electron chi connectivity index (χ1n) is 5.18. The van der Waals surface area contributed by atoms with Crippen LogP contribution in [0.25, 0.3) is 0 Å². The monoisotopic (exact) mass is 269 g/mol. The van der Waals surface area contributed by atoms with Crippen molar-refractivity contribution in [2.75, 3.05) is 12.4 Å². The smallest absolute Gasteiger partial charge is 0.340 e. The average Bonchev–Trinajstić information content (AvgIpc) is 2.76. The number of hydrogen-bond donors (Lipinski definition) is 2. The maximum atomic E-state index is 11.7. The molecule has 2 heterocycles. The van der Waals surface area contributed by atoms with Crippen molar-refractivity contribution in [1.29, 1.82) is 0 Å². The fraction of sp³-hybridized carbons (Fsp3) is 0.400. The lowest BCUT2D eigenvalue weighted by Gasteiger charge is -2.10. The van der Waals surface area contributed by atoms with Crippen LogP contribution in [0.15, 0.2) is 0 Å². The third kappa shape index (κ3) is 1.94. The van der Waals surface area contributed by atoms with Gasteiger partial charge in [-0.3, -0.25) is 14.5 Å². The first-order chi connectivity index (χ1) is 8.41. The molecule has 1 saturated heterocycles. The summed E-state index contributed by atoms with van der Waals surface area (Å²) in [5.74, 6) is -1.74. The van der Waals surface area contributed by atoms with Crippen molar-refractivity contribution < 1.29 is 19.5 Å². The normalized spacial score (nSPS) is 19.4. The topological polar surface area (TPSA) is 99.6 Å². The number of carboxylic acids is 1. The molecule has 0 aromatic carbocycles. The van der Waals surface area contributed by atoms with Gasteiger partial charge in [-0.15, -0.1) is 0 Å². The summed E-state index contributed by atoms with van der Waals surface area (Å²) in [4.78, 5) is 35.1. The fourth-order valence-corrected chi connectivity index (χ4v) is 2.59. The molecule has 0 saturated carbocycles. The van der Waals surface area contributed by atoms with Crippen molar-refractivity contribution in [1.82, 2.24) is 9.27 Å². The van der Waals surface area contributed by atoms with Crippen molar-refractivity contribution in [3.8, 4) is 0 Å². The summed E-state index contributed by atoms with van der Waals surface area (Å²) in [6.07, 6.45) is 0.0331. The molecular formula is C10H11N3O4S. The molecule has 0 radical (unpaired) electrons. The molecule has 1 aliphatic heterocycles. The van der Waals surface area contributed by atoms with Gasteiger partial charge < -0.3 is 10.4 Å². The number of nitrogens with zero attached hydrogens (tertiary/aromatic N) is 2. The lowest BCUT2D eigenvalue weighted by Crippen LogP contribution is -2.31. The van der Waals surface area contributed by atoms with Gasteiger partial charge >= 0.3 is 5.97 Å². The van der Waals surface area contributed by atoms with Crippen LogP contribution in [-0.4, -0.2) is 45.3 Å². The number of likely N-dealkylation sites (N-methyl/N-ethyl adjacent to an activating group) is 1. The molecule has 1 fully saturated rings. The van der Waals surface area contributed by atoms with Gasteiger partial charge in [0.1, 0.15) is 16.6 Å². The van der Waals surface area contributed by atoms with Gasteiger partial charge in [0.25, 0.3) is 5.91 Å². The molecule has 96 valence electrons. The fourth-order valence-electron chi connectivity index (χ4n) is 1.75. The largest absolute Gasteiger partial charge is 0.478 e. The molecule has 2 N–H and O–H groups in total. The van der Waals surface area contributed by atoms with Gasteiger partial charge in [-0.05, 0) is 18.5 Å². The number of likely N-dealkylation sites (tertiary alicyclic amines) is 1. The van der Waals surface area contributed by atoms with E-state index in [-0.39, 0.29) is 23.8 Å². The van der Waals surface area contributed by atoms with E-state index in [2.05, 4.69) is 9.69 Å². The Morgan fingerprint density at radius 3 is 2.72 bits per heavy atom. The molecule has 1 atom stereocenters. The first kappa shape index (κ1) is 12.5. The van der Waals surface area contributed by atoms with Crippen LogP contribution in [0.2, 0.25) is 0 Å². The van der Waals surface area contributed by atoms with Crippen molar-refractivity contribution in [3.63, 3.8) is 0 Å². The van der Waals surface area contributed by atoms with Crippen LogP contribution >= 0.6 is 11.5 Å². The Balaban J connectivity index is 2.23. The van der Waals surface area contributed by atoms with E-state index in [0.29, 0.717) is 10.7 Å². The molecule has 1 aromatic rings. The van der Waals surface area contributed by atoms with Crippen LogP contribution in [0.5, 0.6) is 0 Å². The molecule has 0 bridgehead atoms. The van der Waals surface area contributed by atoms with Crippen molar-refractivity contribution >= 4 is 34.3 Å². The van der Waals surface area contributed by atoms with Gasteiger partial charge in [-0.2, -0.15) is 4.37 Å². The second-order valence-electron chi connectivity index (χ2n) is 3.97. The summed E-state index contributed by atoms with van der Waals surface area (Å²) in [6, 6.07) is -0.708. The maximum absolute atomic E-state index is 11.7. The Morgan fingerprint density at radius 2 is 2.22 bits per heavy atom. The number of aromatic nitrogens is 1. The minimum atomic E-state index is -1.10. The summed E-state index contributed by atoms with van der Waals surface area (Å²) in [6.45, 7) is 1.58. The molecular weight excluding hydrogens is 258 g/mol. The third-order valence-corrected chi connectivity index (χ3v) is 3.63. The highest BCUT2D eigenvalue weighted by Crippen LogP contribution is 2.27. The zero-order chi connectivity index (χ0) is 13.4. The molecule has 1 aliphatic rings. The van der Waals surface area contributed by atoms with Crippen LogP contribution in [0.1, 0.15) is 22.5 Å². The zero-order valence-corrected chi connectivity index (χ0v) is 10.6. The Labute approximate surface area is 107 Å². The van der Waals surface area contributed by atoms with Gasteiger partial charge in [0.05, 0.1) is 12.1 Å².